The highest BCUT2D eigenvalue weighted by Gasteiger charge is 2.12. The van der Waals surface area contributed by atoms with Crippen LogP contribution in [0.25, 0.3) is 0 Å². The van der Waals surface area contributed by atoms with E-state index in [9.17, 15) is 4.79 Å². The molecule has 0 saturated carbocycles. The molecule has 0 saturated heterocycles. The minimum atomic E-state index is 0.408. The molecule has 0 bridgehead atoms. The zero-order chi connectivity index (χ0) is 16.5. The molecule has 0 rings (SSSR count). The summed E-state index contributed by atoms with van der Waals surface area (Å²) in [6.07, 6.45) is 22.1. The van der Waals surface area contributed by atoms with E-state index in [2.05, 4.69) is 13.8 Å². The van der Waals surface area contributed by atoms with E-state index in [0.29, 0.717) is 6.04 Å². The molecule has 0 spiro atoms. The predicted molar refractivity (Wildman–Crippen MR) is 97.8 cm³/mol. The second-order valence-corrected chi connectivity index (χ2v) is 6.82. The van der Waals surface area contributed by atoms with Gasteiger partial charge in [0.2, 0.25) is 0 Å². The van der Waals surface area contributed by atoms with E-state index in [1.807, 2.05) is 13.5 Å². The maximum Gasteiger partial charge on any atom is 0.312 e. The van der Waals surface area contributed by atoms with Gasteiger partial charge in [0.25, 0.3) is 0 Å². The van der Waals surface area contributed by atoms with Gasteiger partial charge < -0.3 is 4.90 Å². The van der Waals surface area contributed by atoms with Gasteiger partial charge >= 0.3 is 6.41 Å². The number of rotatable bonds is 17. The predicted octanol–water partition coefficient (Wildman–Crippen LogP) is 6.25. The average Bonchev–Trinajstić information content (AvgIpc) is 2.54. The lowest BCUT2D eigenvalue weighted by molar-refractivity contribution is 0.298. The van der Waals surface area contributed by atoms with Crippen LogP contribution < -0.4 is 0 Å². The number of hydrogen-bond donors (Lipinski definition) is 0. The number of carbonyl (C=O) groups excluding carboxylic acids is 1. The summed E-state index contributed by atoms with van der Waals surface area (Å²) in [4.78, 5) is 12.5. The van der Waals surface area contributed by atoms with Gasteiger partial charge in [-0.3, -0.25) is 4.79 Å². The third kappa shape index (κ3) is 13.2. The van der Waals surface area contributed by atoms with Crippen molar-refractivity contribution < 1.29 is 4.79 Å². The number of unbranched alkanes of at least 4 members (excludes halogenated alkanes) is 11. The van der Waals surface area contributed by atoms with Crippen LogP contribution in [0.15, 0.2) is 0 Å². The monoisotopic (exact) mass is 310 g/mol. The van der Waals surface area contributed by atoms with Gasteiger partial charge in [0.15, 0.2) is 0 Å². The first-order valence-electron chi connectivity index (χ1n) is 9.86. The Morgan fingerprint density at radius 3 is 1.55 bits per heavy atom. The van der Waals surface area contributed by atoms with Gasteiger partial charge in [-0.25, -0.2) is 0 Å². The zero-order valence-electron chi connectivity index (χ0n) is 15.5. The molecule has 2 heteroatoms. The number of amides is 1. The van der Waals surface area contributed by atoms with Crippen LogP contribution in [-0.2, 0) is 4.79 Å². The lowest BCUT2D eigenvalue weighted by Crippen LogP contribution is -2.30. The Bertz CT molecular complexity index is 230. The van der Waals surface area contributed by atoms with Crippen molar-refractivity contribution in [3.63, 3.8) is 0 Å². The zero-order valence-corrected chi connectivity index (χ0v) is 15.5. The molecule has 0 aromatic carbocycles. The van der Waals surface area contributed by atoms with E-state index >= 15 is 0 Å². The Morgan fingerprint density at radius 1 is 0.682 bits per heavy atom. The van der Waals surface area contributed by atoms with Gasteiger partial charge in [-0.15, -0.1) is 0 Å². The standard InChI is InChI=1S/C20H40NO/c1-4-6-7-8-9-10-11-12-13-14-15-16-18-20(17-5-2)21(3)19-22/h20H,4-18H2,1-3H3. The molecular formula is C20H40NO. The highest BCUT2D eigenvalue weighted by Crippen LogP contribution is 2.15. The van der Waals surface area contributed by atoms with Crippen molar-refractivity contribution in [3.8, 4) is 0 Å². The summed E-state index contributed by atoms with van der Waals surface area (Å²) in [5.41, 5.74) is 0. The summed E-state index contributed by atoms with van der Waals surface area (Å²) in [5.74, 6) is 0. The van der Waals surface area contributed by atoms with E-state index in [1.54, 1.807) is 4.90 Å². The Labute approximate surface area is 140 Å². The van der Waals surface area contributed by atoms with Crippen molar-refractivity contribution in [1.29, 1.82) is 0 Å². The minimum Gasteiger partial charge on any atom is -0.335 e. The van der Waals surface area contributed by atoms with E-state index in [4.69, 9.17) is 0 Å². The average molecular weight is 311 g/mol. The molecule has 0 aliphatic heterocycles. The normalized spacial score (nSPS) is 12.3. The lowest BCUT2D eigenvalue weighted by Gasteiger charge is -2.23. The summed E-state index contributed by atoms with van der Waals surface area (Å²) >= 11 is 0. The third-order valence-corrected chi connectivity index (χ3v) is 4.70. The van der Waals surface area contributed by atoms with E-state index in [-0.39, 0.29) is 0 Å². The molecule has 0 heterocycles. The van der Waals surface area contributed by atoms with Crippen molar-refractivity contribution in [2.24, 2.45) is 0 Å². The third-order valence-electron chi connectivity index (χ3n) is 4.70. The molecule has 0 aromatic rings. The van der Waals surface area contributed by atoms with E-state index in [0.717, 1.165) is 19.3 Å². The van der Waals surface area contributed by atoms with E-state index < -0.39 is 0 Å². The topological polar surface area (TPSA) is 20.3 Å². The quantitative estimate of drug-likeness (QED) is 0.230. The molecule has 0 fully saturated rings. The summed E-state index contributed by atoms with van der Waals surface area (Å²) in [6.45, 7) is 4.47. The van der Waals surface area contributed by atoms with Crippen molar-refractivity contribution in [1.82, 2.24) is 4.90 Å². The van der Waals surface area contributed by atoms with Gasteiger partial charge in [0, 0.05) is 13.1 Å². The van der Waals surface area contributed by atoms with Crippen molar-refractivity contribution in [3.05, 3.63) is 0 Å². The molecule has 0 aromatic heterocycles. The minimum absolute atomic E-state index is 0.408. The van der Waals surface area contributed by atoms with Crippen LogP contribution in [0.4, 0.5) is 0 Å². The van der Waals surface area contributed by atoms with E-state index in [1.165, 1.54) is 77.0 Å². The molecule has 1 radical (unpaired) electrons. The van der Waals surface area contributed by atoms with Crippen LogP contribution in [0.2, 0.25) is 0 Å². The Hall–Kier alpha value is -0.530. The second kappa shape index (κ2) is 16.8. The molecule has 0 aliphatic rings. The molecule has 1 amide bonds. The van der Waals surface area contributed by atoms with Crippen LogP contribution >= 0.6 is 0 Å². The molecule has 0 aliphatic carbocycles. The highest BCUT2D eigenvalue weighted by atomic mass is 16.1. The molecule has 1 atom stereocenters. The molecule has 1 unspecified atom stereocenters. The summed E-state index contributed by atoms with van der Waals surface area (Å²) in [7, 11) is 1.87. The molecule has 22 heavy (non-hydrogen) atoms. The number of nitrogens with zero attached hydrogens (tertiary/aromatic N) is 1. The Balaban J connectivity index is 3.32. The SMILES string of the molecule is CCCCCCCCCCCCCCC(CCC)N(C)[C]=O. The fourth-order valence-corrected chi connectivity index (χ4v) is 3.16. The van der Waals surface area contributed by atoms with Gasteiger partial charge in [0.1, 0.15) is 0 Å². The van der Waals surface area contributed by atoms with Crippen molar-refractivity contribution in [2.75, 3.05) is 7.05 Å². The van der Waals surface area contributed by atoms with Gasteiger partial charge in [-0.2, -0.15) is 0 Å². The van der Waals surface area contributed by atoms with Crippen molar-refractivity contribution >= 4 is 6.41 Å². The molecular weight excluding hydrogens is 270 g/mol. The molecule has 2 nitrogen and oxygen atoms in total. The summed E-state index contributed by atoms with van der Waals surface area (Å²) in [5, 5.41) is 0. The first kappa shape index (κ1) is 21.5. The Morgan fingerprint density at radius 2 is 1.14 bits per heavy atom. The second-order valence-electron chi connectivity index (χ2n) is 6.82. The van der Waals surface area contributed by atoms with Crippen molar-refractivity contribution in [2.45, 2.75) is 116 Å². The van der Waals surface area contributed by atoms with Gasteiger partial charge in [0.05, 0.1) is 0 Å². The maximum absolute atomic E-state index is 10.7. The molecule has 131 valence electrons. The summed E-state index contributed by atoms with van der Waals surface area (Å²) in [6, 6.07) is 0.408. The maximum atomic E-state index is 10.7. The first-order chi connectivity index (χ1) is 10.8. The summed E-state index contributed by atoms with van der Waals surface area (Å²) < 4.78 is 0. The fraction of sp³-hybridized carbons (Fsp3) is 0.950. The van der Waals surface area contributed by atoms with Crippen LogP contribution in [0.3, 0.4) is 0 Å². The lowest BCUT2D eigenvalue weighted by atomic mass is 10.0. The first-order valence-corrected chi connectivity index (χ1v) is 9.86. The largest absolute Gasteiger partial charge is 0.335 e. The van der Waals surface area contributed by atoms with Gasteiger partial charge in [-0.1, -0.05) is 97.3 Å². The number of hydrogen-bond acceptors (Lipinski definition) is 1. The fourth-order valence-electron chi connectivity index (χ4n) is 3.16. The highest BCUT2D eigenvalue weighted by molar-refractivity contribution is 5.48. The van der Waals surface area contributed by atoms with Crippen LogP contribution in [0.1, 0.15) is 110 Å². The Kier molecular flexibility index (Phi) is 16.4. The molecule has 0 N–H and O–H groups in total. The van der Waals surface area contributed by atoms with Crippen LogP contribution in [0.5, 0.6) is 0 Å². The smallest absolute Gasteiger partial charge is 0.312 e. The van der Waals surface area contributed by atoms with Crippen LogP contribution in [-0.4, -0.2) is 24.4 Å². The van der Waals surface area contributed by atoms with Crippen LogP contribution in [0, 0.1) is 0 Å². The van der Waals surface area contributed by atoms with Gasteiger partial charge in [-0.05, 0) is 12.8 Å².